The van der Waals surface area contributed by atoms with Gasteiger partial charge in [-0.2, -0.15) is 5.10 Å². The number of nitrogens with zero attached hydrogens (tertiary/aromatic N) is 11. The normalized spacial score (nSPS) is 25.7. The van der Waals surface area contributed by atoms with E-state index in [1.54, 1.807) is 90.9 Å². The minimum Gasteiger partial charge on any atom is -0.464 e. The molecule has 616 valence electrons. The van der Waals surface area contributed by atoms with Crippen molar-refractivity contribution in [1.82, 2.24) is 52.6 Å². The summed E-state index contributed by atoms with van der Waals surface area (Å²) in [5.41, 5.74) is 10.2. The van der Waals surface area contributed by atoms with Crippen molar-refractivity contribution >= 4 is 86.7 Å². The van der Waals surface area contributed by atoms with Gasteiger partial charge in [-0.3, -0.25) is 4.68 Å². The lowest BCUT2D eigenvalue weighted by molar-refractivity contribution is -0.0848. The molecule has 4 aliphatic heterocycles. The van der Waals surface area contributed by atoms with E-state index in [-0.39, 0.29) is 32.6 Å². The maximum absolute atomic E-state index is 13.2. The zero-order valence-electron chi connectivity index (χ0n) is 64.5. The average molecular weight is 1640 g/mol. The molecule has 0 spiro atoms. The largest absolute Gasteiger partial charge is 0.464 e. The van der Waals surface area contributed by atoms with Gasteiger partial charge in [-0.1, -0.05) is 42.5 Å². The zero-order valence-corrected chi connectivity index (χ0v) is 65.3. The highest BCUT2D eigenvalue weighted by Gasteiger charge is 2.52. The van der Waals surface area contributed by atoms with Crippen molar-refractivity contribution in [1.29, 1.82) is 0 Å². The summed E-state index contributed by atoms with van der Waals surface area (Å²) in [6.07, 6.45) is -6.36. The monoisotopic (exact) mass is 1640 g/mol. The third kappa shape index (κ3) is 14.7. The van der Waals surface area contributed by atoms with E-state index in [0.717, 1.165) is 78.1 Å². The SMILES string of the molecule is Cc1ccnc2c1ccn2C1OC(C(O)c2ccc3ccn(C)c3c2)C(O)C1O.Cc1ccnc2c1ccn2C1OC(C(O)c2ccc3cnn(C)c3c2)C(O)C1O.Cc1ccnc2c1ccn2C1OC(C(O)c2ccc3occ(C(F)F)c3c2)C(O)C1O.Cc1ccnc2c1ccn2C1OC(C(O)c2cccc(S(C)(=O)=O)c2)C(O)C1O. The molecule has 19 rings (SSSR count). The summed E-state index contributed by atoms with van der Waals surface area (Å²) in [6.45, 7) is 7.84. The molecule has 0 bridgehead atoms. The van der Waals surface area contributed by atoms with Gasteiger partial charge in [0.1, 0.15) is 132 Å². The van der Waals surface area contributed by atoms with Crippen molar-refractivity contribution in [2.75, 3.05) is 6.26 Å². The number of rotatable bonds is 14. The summed E-state index contributed by atoms with van der Waals surface area (Å²) in [4.78, 5) is 17.5. The molecule has 4 saturated heterocycles. The van der Waals surface area contributed by atoms with Crippen molar-refractivity contribution in [3.8, 4) is 0 Å². The number of alkyl halides is 2. The molecule has 4 aliphatic rings. The summed E-state index contributed by atoms with van der Waals surface area (Å²) >= 11 is 0. The third-order valence-corrected chi connectivity index (χ3v) is 24.1. The lowest BCUT2D eigenvalue weighted by atomic mass is 9.97. The van der Waals surface area contributed by atoms with E-state index in [1.807, 2.05) is 137 Å². The highest BCUT2D eigenvalue weighted by Crippen LogP contribution is 2.44. The van der Waals surface area contributed by atoms with Gasteiger partial charge in [0.05, 0.1) is 22.2 Å². The highest BCUT2D eigenvalue weighted by molar-refractivity contribution is 7.90. The molecule has 15 heterocycles. The molecule has 4 fully saturated rings. The molecule has 20 atom stereocenters. The van der Waals surface area contributed by atoms with Crippen LogP contribution >= 0.6 is 0 Å². The molecule has 20 unspecified atom stereocenters. The first-order valence-corrected chi connectivity index (χ1v) is 39.9. The number of ether oxygens (including phenoxy) is 4. The van der Waals surface area contributed by atoms with Crippen LogP contribution in [0.3, 0.4) is 0 Å². The number of pyridine rings is 4. The Morgan fingerprint density at radius 2 is 0.771 bits per heavy atom. The molecule has 118 heavy (non-hydrogen) atoms. The van der Waals surface area contributed by atoms with Crippen LogP contribution in [-0.4, -0.2) is 202 Å². The van der Waals surface area contributed by atoms with Crippen LogP contribution in [0.15, 0.2) is 211 Å². The Bertz CT molecular complexity index is 6140. The van der Waals surface area contributed by atoms with E-state index in [1.165, 1.54) is 36.4 Å². The van der Waals surface area contributed by atoms with Crippen molar-refractivity contribution in [3.05, 3.63) is 252 Å². The molecule has 30 nitrogen and oxygen atoms in total. The van der Waals surface area contributed by atoms with Crippen LogP contribution in [0.25, 0.3) is 76.9 Å². The number of fused-ring (bicyclic) bond motifs is 7. The first kappa shape index (κ1) is 81.1. The number of sulfone groups is 1. The van der Waals surface area contributed by atoms with E-state index in [4.69, 9.17) is 23.4 Å². The number of furan rings is 1. The fourth-order valence-electron chi connectivity index (χ4n) is 16.2. The summed E-state index contributed by atoms with van der Waals surface area (Å²) in [5.74, 6) is 0. The van der Waals surface area contributed by atoms with Gasteiger partial charge < -0.3 is 107 Å². The van der Waals surface area contributed by atoms with Crippen molar-refractivity contribution in [3.63, 3.8) is 0 Å². The van der Waals surface area contributed by atoms with Crippen molar-refractivity contribution in [2.24, 2.45) is 14.1 Å². The van der Waals surface area contributed by atoms with Crippen LogP contribution in [0, 0.1) is 27.7 Å². The fraction of sp³-hybridized carbons (Fsp3) is 0.329. The molecule has 12 N–H and O–H groups in total. The molecule has 0 saturated carbocycles. The Hall–Kier alpha value is -10.6. The molecule has 0 radical (unpaired) electrons. The van der Waals surface area contributed by atoms with Crippen molar-refractivity contribution < 1.29 is 102 Å². The second kappa shape index (κ2) is 32.2. The number of aromatic nitrogens is 11. The number of aliphatic hydroxyl groups excluding tert-OH is 12. The van der Waals surface area contributed by atoms with Gasteiger partial charge in [-0.25, -0.2) is 37.1 Å². The van der Waals surface area contributed by atoms with Crippen LogP contribution < -0.4 is 0 Å². The number of hydrogen-bond acceptors (Lipinski definition) is 24. The Kier molecular flexibility index (Phi) is 22.2. The predicted molar refractivity (Wildman–Crippen MR) is 426 cm³/mol. The summed E-state index contributed by atoms with van der Waals surface area (Å²) in [5, 5.41) is 138. The minimum atomic E-state index is -3.46. The fourth-order valence-corrected chi connectivity index (χ4v) is 16.9. The van der Waals surface area contributed by atoms with Crippen LogP contribution in [0.5, 0.6) is 0 Å². The van der Waals surface area contributed by atoms with Gasteiger partial charge in [0.15, 0.2) is 34.7 Å². The molecule has 0 aliphatic carbocycles. The molecular formula is C85H87F2N11O19S. The number of hydrogen-bond donors (Lipinski definition) is 12. The van der Waals surface area contributed by atoms with E-state index in [9.17, 15) is 78.5 Å². The van der Waals surface area contributed by atoms with E-state index in [2.05, 4.69) is 25.0 Å². The summed E-state index contributed by atoms with van der Waals surface area (Å²) in [6, 6.07) is 38.3. The summed E-state index contributed by atoms with van der Waals surface area (Å²) < 4.78 is 89.1. The summed E-state index contributed by atoms with van der Waals surface area (Å²) in [7, 11) is 0.303. The number of aryl methyl sites for hydroxylation is 6. The van der Waals surface area contributed by atoms with Gasteiger partial charge in [0.2, 0.25) is 0 Å². The second-order valence-corrected chi connectivity index (χ2v) is 32.5. The number of benzene rings is 4. The predicted octanol–water partition coefficient (Wildman–Crippen LogP) is 8.26. The first-order valence-electron chi connectivity index (χ1n) is 38.0. The Morgan fingerprint density at radius 3 is 1.16 bits per heavy atom. The van der Waals surface area contributed by atoms with Crippen LogP contribution in [-0.2, 0) is 42.9 Å². The number of aliphatic hydroxyl groups is 12. The zero-order chi connectivity index (χ0) is 83.4. The van der Waals surface area contributed by atoms with Gasteiger partial charge in [0.25, 0.3) is 6.43 Å². The topological polar surface area (TPSA) is 421 Å². The van der Waals surface area contributed by atoms with Crippen molar-refractivity contribution in [2.45, 2.75) is 162 Å². The van der Waals surface area contributed by atoms with Gasteiger partial charge in [0, 0.05) is 114 Å². The lowest BCUT2D eigenvalue weighted by Crippen LogP contribution is -2.34. The second-order valence-electron chi connectivity index (χ2n) is 30.4. The van der Waals surface area contributed by atoms with Crippen LogP contribution in [0.1, 0.15) is 106 Å². The third-order valence-electron chi connectivity index (χ3n) is 23.0. The number of halogens is 2. The molecule has 15 aromatic rings. The lowest BCUT2D eigenvalue weighted by Gasteiger charge is -2.22. The maximum Gasteiger partial charge on any atom is 0.267 e. The molecule has 33 heteroatoms. The molecule has 11 aromatic heterocycles. The van der Waals surface area contributed by atoms with Gasteiger partial charge >= 0.3 is 0 Å². The molecular weight excluding hydrogens is 1550 g/mol. The quantitative estimate of drug-likeness (QED) is 0.0487. The molecule has 4 aromatic carbocycles. The first-order chi connectivity index (χ1) is 56.4. The van der Waals surface area contributed by atoms with Crippen LogP contribution in [0.4, 0.5) is 8.78 Å². The van der Waals surface area contributed by atoms with Crippen LogP contribution in [0.2, 0.25) is 0 Å². The van der Waals surface area contributed by atoms with Gasteiger partial charge in [-0.05, 0) is 169 Å². The smallest absolute Gasteiger partial charge is 0.267 e. The van der Waals surface area contributed by atoms with E-state index >= 15 is 0 Å². The highest BCUT2D eigenvalue weighted by atomic mass is 32.2. The Labute approximate surface area is 671 Å². The Balaban J connectivity index is 0.000000118. The standard InChI is InChI=1S/C22H20F2N2O5.C22H23N3O4.C21H22N4O4.C20H22N2O6S/c1-10-4-6-25-21-12(10)5-7-26(21)22-18(29)17(28)19(31-22)16(27)11-2-3-15-13(8-11)14(9-30-15)20(23)24;1-12-5-8-23-21-15(12)7-10-25(21)22-19(28)18(27)20(29-22)17(26)14-4-3-13-6-9-24(2)16(13)11-14;1-11-5-7-22-20-14(11)6-8-25(20)21-18(28)17(27)19(29-21)16(26)12-3-4-13-10-23-24(2)15(13)9-12;1-11-6-8-21-19-14(11)7-9-22(19)20-17(25)16(24)18(28-20)15(23)12-4-3-5-13(10-12)29(2,26)27/h2-9,16-20,22,27-29H,1H3;3-11,17-20,22,26-28H,1-2H3;3-10,16-19,21,26-28H,1-2H3;3-10,15-18,20,23-25H,1-2H3. The average Bonchev–Trinajstić information content (AvgIpc) is 1.62. The minimum absolute atomic E-state index is 0.0507. The molecule has 0 amide bonds. The maximum atomic E-state index is 13.2. The van der Waals surface area contributed by atoms with E-state index in [0.29, 0.717) is 33.7 Å². The Morgan fingerprint density at radius 1 is 0.407 bits per heavy atom. The van der Waals surface area contributed by atoms with Gasteiger partial charge in [-0.15, -0.1) is 0 Å². The van der Waals surface area contributed by atoms with E-state index < -0.39 is 139 Å².